The maximum atomic E-state index is 13.2. The molecule has 124 valence electrons. The zero-order valence-corrected chi connectivity index (χ0v) is 14.4. The molecule has 0 atom stereocenters. The minimum absolute atomic E-state index is 0.232. The highest BCUT2D eigenvalue weighted by Crippen LogP contribution is 2.31. The van der Waals surface area contributed by atoms with Crippen molar-refractivity contribution in [1.82, 2.24) is 9.78 Å². The summed E-state index contributed by atoms with van der Waals surface area (Å²) < 4.78 is 15.2. The lowest BCUT2D eigenvalue weighted by Gasteiger charge is -2.05. The number of aromatic nitrogens is 2. The van der Waals surface area contributed by atoms with Gasteiger partial charge in [-0.3, -0.25) is 0 Å². The fraction of sp³-hybridized carbons (Fsp3) is 0.200. The third kappa shape index (κ3) is 3.18. The maximum absolute atomic E-state index is 13.2. The molecule has 0 spiro atoms. The Morgan fingerprint density at radius 1 is 1.08 bits per heavy atom. The highest BCUT2D eigenvalue weighted by molar-refractivity contribution is 7.98. The fourth-order valence-electron chi connectivity index (χ4n) is 3.20. The lowest BCUT2D eigenvalue weighted by Crippen LogP contribution is -2.01. The number of thioether (sulfide) groups is 1. The van der Waals surface area contributed by atoms with Crippen molar-refractivity contribution in [1.29, 1.82) is 5.26 Å². The van der Waals surface area contributed by atoms with Gasteiger partial charge in [0, 0.05) is 16.3 Å². The van der Waals surface area contributed by atoms with Gasteiger partial charge in [0.1, 0.15) is 5.82 Å². The summed E-state index contributed by atoms with van der Waals surface area (Å²) in [6, 6.07) is 16.3. The number of benzene rings is 2. The summed E-state index contributed by atoms with van der Waals surface area (Å²) >= 11 is 1.72. The smallest absolute Gasteiger partial charge is 0.123 e. The molecule has 3 nitrogen and oxygen atoms in total. The lowest BCUT2D eigenvalue weighted by molar-refractivity contribution is 0.626. The second-order valence-electron chi connectivity index (χ2n) is 6.04. The van der Waals surface area contributed by atoms with E-state index < -0.39 is 0 Å². The van der Waals surface area contributed by atoms with Gasteiger partial charge in [-0.1, -0.05) is 0 Å². The van der Waals surface area contributed by atoms with Gasteiger partial charge in [0.15, 0.2) is 0 Å². The van der Waals surface area contributed by atoms with Crippen LogP contribution < -0.4 is 0 Å². The van der Waals surface area contributed by atoms with Gasteiger partial charge >= 0.3 is 0 Å². The molecule has 2 aromatic carbocycles. The number of rotatable bonds is 4. The van der Waals surface area contributed by atoms with E-state index in [9.17, 15) is 4.39 Å². The van der Waals surface area contributed by atoms with E-state index in [0.29, 0.717) is 5.56 Å². The van der Waals surface area contributed by atoms with Crippen molar-refractivity contribution < 1.29 is 4.39 Å². The molecule has 1 aromatic heterocycles. The van der Waals surface area contributed by atoms with Gasteiger partial charge in [0.05, 0.1) is 23.0 Å². The largest absolute Gasteiger partial charge is 0.237 e. The van der Waals surface area contributed by atoms with E-state index in [4.69, 9.17) is 10.4 Å². The molecule has 3 aromatic rings. The Hall–Kier alpha value is -2.58. The molecule has 25 heavy (non-hydrogen) atoms. The zero-order valence-electron chi connectivity index (χ0n) is 13.6. The molecule has 1 aliphatic carbocycles. The molecule has 0 radical (unpaired) electrons. The monoisotopic (exact) mass is 349 g/mol. The molecule has 1 heterocycles. The molecule has 0 bridgehead atoms. The van der Waals surface area contributed by atoms with Crippen LogP contribution in [0.15, 0.2) is 53.4 Å². The first-order chi connectivity index (χ1) is 12.2. The molecule has 5 heteroatoms. The highest BCUT2D eigenvalue weighted by atomic mass is 32.2. The minimum atomic E-state index is -0.232. The normalized spacial score (nSPS) is 12.8. The van der Waals surface area contributed by atoms with Gasteiger partial charge in [-0.05, 0) is 73.4 Å². The van der Waals surface area contributed by atoms with Gasteiger partial charge in [-0.15, -0.1) is 11.8 Å². The summed E-state index contributed by atoms with van der Waals surface area (Å²) in [5, 5.41) is 13.7. The van der Waals surface area contributed by atoms with E-state index in [1.165, 1.54) is 23.4 Å². The van der Waals surface area contributed by atoms with Crippen molar-refractivity contribution in [2.24, 2.45) is 0 Å². The Morgan fingerprint density at radius 2 is 1.84 bits per heavy atom. The van der Waals surface area contributed by atoms with Crippen LogP contribution in [0, 0.1) is 17.1 Å². The summed E-state index contributed by atoms with van der Waals surface area (Å²) in [5.74, 6) is 0.562. The zero-order chi connectivity index (χ0) is 17.2. The SMILES string of the molecule is N#Cc1ccc(SCc2nn(-c3ccc(F)cc3)c3c2CCC3)cc1. The number of nitriles is 1. The van der Waals surface area contributed by atoms with Gasteiger partial charge in [0.2, 0.25) is 0 Å². The molecule has 0 amide bonds. The van der Waals surface area contributed by atoms with E-state index >= 15 is 0 Å². The summed E-state index contributed by atoms with van der Waals surface area (Å²) in [5.41, 5.74) is 5.28. The van der Waals surface area contributed by atoms with Crippen LogP contribution in [-0.2, 0) is 18.6 Å². The minimum Gasteiger partial charge on any atom is -0.237 e. The number of hydrogen-bond donors (Lipinski definition) is 0. The molecule has 0 aliphatic heterocycles. The first kappa shape index (κ1) is 15.9. The summed E-state index contributed by atoms with van der Waals surface area (Å²) in [6.07, 6.45) is 3.21. The van der Waals surface area contributed by atoms with Crippen molar-refractivity contribution in [3.63, 3.8) is 0 Å². The fourth-order valence-corrected chi connectivity index (χ4v) is 4.07. The Kier molecular flexibility index (Phi) is 4.29. The molecular formula is C20H16FN3S. The van der Waals surface area contributed by atoms with Crippen molar-refractivity contribution in [3.8, 4) is 11.8 Å². The standard InChI is InChI=1S/C20H16FN3S/c21-15-6-8-16(9-7-15)24-20-3-1-2-18(20)19(23-24)13-25-17-10-4-14(12-22)5-11-17/h4-11H,1-3,13H2. The third-order valence-corrected chi connectivity index (χ3v) is 5.47. The number of halogens is 1. The van der Waals surface area contributed by atoms with Crippen LogP contribution in [0.4, 0.5) is 4.39 Å². The Labute approximate surface area is 150 Å². The molecule has 0 saturated heterocycles. The number of nitrogens with zero attached hydrogens (tertiary/aromatic N) is 3. The van der Waals surface area contributed by atoms with Crippen LogP contribution >= 0.6 is 11.8 Å². The molecule has 0 unspecified atom stereocenters. The summed E-state index contributed by atoms with van der Waals surface area (Å²) in [7, 11) is 0. The van der Waals surface area contributed by atoms with Gasteiger partial charge in [-0.2, -0.15) is 10.4 Å². The Morgan fingerprint density at radius 3 is 2.56 bits per heavy atom. The predicted octanol–water partition coefficient (Wildman–Crippen LogP) is 4.66. The molecule has 0 N–H and O–H groups in total. The molecule has 1 aliphatic rings. The second kappa shape index (κ2) is 6.73. The summed E-state index contributed by atoms with van der Waals surface area (Å²) in [4.78, 5) is 1.13. The number of fused-ring (bicyclic) bond motifs is 1. The van der Waals surface area contributed by atoms with Crippen LogP contribution in [0.1, 0.15) is 28.9 Å². The van der Waals surface area contributed by atoms with E-state index in [2.05, 4.69) is 6.07 Å². The van der Waals surface area contributed by atoms with Crippen molar-refractivity contribution >= 4 is 11.8 Å². The molecule has 4 rings (SSSR count). The Balaban J connectivity index is 1.59. The van der Waals surface area contributed by atoms with Crippen LogP contribution in [0.25, 0.3) is 5.69 Å². The van der Waals surface area contributed by atoms with Crippen molar-refractivity contribution in [2.75, 3.05) is 0 Å². The van der Waals surface area contributed by atoms with Crippen LogP contribution in [0.2, 0.25) is 0 Å². The van der Waals surface area contributed by atoms with Gasteiger partial charge < -0.3 is 0 Å². The topological polar surface area (TPSA) is 41.6 Å². The van der Waals surface area contributed by atoms with E-state index in [1.807, 2.05) is 28.9 Å². The third-order valence-electron chi connectivity index (χ3n) is 4.44. The second-order valence-corrected chi connectivity index (χ2v) is 7.09. The van der Waals surface area contributed by atoms with Crippen molar-refractivity contribution in [2.45, 2.75) is 29.9 Å². The number of hydrogen-bond acceptors (Lipinski definition) is 3. The Bertz CT molecular complexity index is 937. The maximum Gasteiger partial charge on any atom is 0.123 e. The first-order valence-corrected chi connectivity index (χ1v) is 9.22. The van der Waals surface area contributed by atoms with Crippen LogP contribution in [0.5, 0.6) is 0 Å². The lowest BCUT2D eigenvalue weighted by atomic mass is 10.2. The summed E-state index contributed by atoms with van der Waals surface area (Å²) in [6.45, 7) is 0. The van der Waals surface area contributed by atoms with E-state index in [-0.39, 0.29) is 5.82 Å². The predicted molar refractivity (Wildman–Crippen MR) is 96.3 cm³/mol. The molecular weight excluding hydrogens is 333 g/mol. The molecule has 0 saturated carbocycles. The highest BCUT2D eigenvalue weighted by Gasteiger charge is 2.23. The quantitative estimate of drug-likeness (QED) is 0.643. The van der Waals surface area contributed by atoms with E-state index in [1.54, 1.807) is 23.9 Å². The van der Waals surface area contributed by atoms with Gasteiger partial charge in [0.25, 0.3) is 0 Å². The van der Waals surface area contributed by atoms with Gasteiger partial charge in [-0.25, -0.2) is 9.07 Å². The van der Waals surface area contributed by atoms with Crippen molar-refractivity contribution in [3.05, 3.63) is 76.9 Å². The van der Waals surface area contributed by atoms with Crippen LogP contribution in [0.3, 0.4) is 0 Å². The van der Waals surface area contributed by atoms with Crippen LogP contribution in [-0.4, -0.2) is 9.78 Å². The average molecular weight is 349 g/mol. The molecule has 0 fully saturated rings. The van der Waals surface area contributed by atoms with E-state index in [0.717, 1.165) is 41.3 Å². The average Bonchev–Trinajstić information content (AvgIpc) is 3.24. The first-order valence-electron chi connectivity index (χ1n) is 8.23.